The standard InChI is InChI=1S/C16H18NO2/c1-11(2)7-15-10-19-16(17-15)9-13-5-4-6-14(8-13)12(3)18/h4-6,8,10H,7,9H2,1-3H3. The maximum atomic E-state index is 11.3. The average molecular weight is 256 g/mol. The normalized spacial score (nSPS) is 10.9. The van der Waals surface area contributed by atoms with Gasteiger partial charge < -0.3 is 4.42 Å². The zero-order valence-corrected chi connectivity index (χ0v) is 11.6. The molecule has 0 amide bonds. The molecule has 0 aliphatic rings. The molecule has 2 aromatic rings. The van der Waals surface area contributed by atoms with Crippen LogP contribution in [0.1, 0.15) is 48.3 Å². The minimum Gasteiger partial charge on any atom is -0.448 e. The Morgan fingerprint density at radius 2 is 2.05 bits per heavy atom. The van der Waals surface area contributed by atoms with Gasteiger partial charge in [0.05, 0.1) is 5.69 Å². The molecule has 1 heterocycles. The van der Waals surface area contributed by atoms with Crippen molar-refractivity contribution in [2.24, 2.45) is 0 Å². The molecule has 0 aliphatic carbocycles. The smallest absolute Gasteiger partial charge is 0.198 e. The average Bonchev–Trinajstić information content (AvgIpc) is 2.76. The minimum atomic E-state index is 0.0751. The number of nitrogens with zero attached hydrogens (tertiary/aromatic N) is 1. The van der Waals surface area contributed by atoms with E-state index in [9.17, 15) is 4.79 Å². The fourth-order valence-corrected chi connectivity index (χ4v) is 1.95. The Hall–Kier alpha value is -1.90. The highest BCUT2D eigenvalue weighted by molar-refractivity contribution is 5.94. The molecule has 1 aromatic heterocycles. The molecule has 0 unspecified atom stereocenters. The van der Waals surface area contributed by atoms with E-state index in [1.807, 2.05) is 24.3 Å². The number of hydrogen-bond donors (Lipinski definition) is 0. The molecule has 2 rings (SSSR count). The van der Waals surface area contributed by atoms with Crippen LogP contribution < -0.4 is 0 Å². The van der Waals surface area contributed by atoms with E-state index < -0.39 is 0 Å². The van der Waals surface area contributed by atoms with Crippen LogP contribution in [0.25, 0.3) is 0 Å². The predicted octanol–water partition coefficient (Wildman–Crippen LogP) is 3.62. The van der Waals surface area contributed by atoms with E-state index in [0.29, 0.717) is 12.3 Å². The molecule has 19 heavy (non-hydrogen) atoms. The van der Waals surface area contributed by atoms with E-state index in [-0.39, 0.29) is 5.78 Å². The van der Waals surface area contributed by atoms with E-state index in [2.05, 4.69) is 18.8 Å². The van der Waals surface area contributed by atoms with Gasteiger partial charge in [-0.15, -0.1) is 0 Å². The largest absolute Gasteiger partial charge is 0.448 e. The predicted molar refractivity (Wildman–Crippen MR) is 74.1 cm³/mol. The molecule has 1 aromatic carbocycles. The summed E-state index contributed by atoms with van der Waals surface area (Å²) in [6.45, 7) is 5.72. The Morgan fingerprint density at radius 1 is 1.26 bits per heavy atom. The van der Waals surface area contributed by atoms with Gasteiger partial charge in [0.25, 0.3) is 0 Å². The second kappa shape index (κ2) is 5.83. The molecule has 99 valence electrons. The molecular weight excluding hydrogens is 238 g/mol. The van der Waals surface area contributed by atoms with Crippen molar-refractivity contribution in [2.45, 2.75) is 33.6 Å². The molecule has 0 atom stereocenters. The van der Waals surface area contributed by atoms with Gasteiger partial charge in [-0.1, -0.05) is 32.0 Å². The van der Waals surface area contributed by atoms with Gasteiger partial charge in [0.2, 0.25) is 0 Å². The highest BCUT2D eigenvalue weighted by Crippen LogP contribution is 2.14. The van der Waals surface area contributed by atoms with Crippen molar-refractivity contribution < 1.29 is 9.21 Å². The minimum absolute atomic E-state index is 0.0751. The van der Waals surface area contributed by atoms with Gasteiger partial charge in [-0.2, -0.15) is 0 Å². The number of hydrogen-bond acceptors (Lipinski definition) is 3. The highest BCUT2D eigenvalue weighted by Gasteiger charge is 2.08. The number of carbonyl (C=O) groups excluding carboxylic acids is 1. The molecular formula is C16H18NO2. The SMILES string of the molecule is C[C](C)Cc1coc(Cc2cccc(C(C)=O)c2)n1. The monoisotopic (exact) mass is 256 g/mol. The molecule has 0 saturated heterocycles. The summed E-state index contributed by atoms with van der Waals surface area (Å²) >= 11 is 0. The third-order valence-electron chi connectivity index (χ3n) is 2.82. The lowest BCUT2D eigenvalue weighted by atomic mass is 10.1. The van der Waals surface area contributed by atoms with Crippen molar-refractivity contribution in [3.05, 3.63) is 59.2 Å². The Bertz CT molecular complexity index is 570. The van der Waals surface area contributed by atoms with Crippen LogP contribution in [0.3, 0.4) is 0 Å². The Kier molecular flexibility index (Phi) is 4.15. The highest BCUT2D eigenvalue weighted by atomic mass is 16.3. The van der Waals surface area contributed by atoms with Crippen molar-refractivity contribution in [2.75, 3.05) is 0 Å². The number of Topliss-reactive ketones (excluding diaryl/α,β-unsaturated/α-hetero) is 1. The molecule has 0 N–H and O–H groups in total. The van der Waals surface area contributed by atoms with E-state index in [1.165, 1.54) is 5.92 Å². The maximum Gasteiger partial charge on any atom is 0.198 e. The quantitative estimate of drug-likeness (QED) is 0.767. The summed E-state index contributed by atoms with van der Waals surface area (Å²) in [5.74, 6) is 2.07. The van der Waals surface area contributed by atoms with Crippen LogP contribution >= 0.6 is 0 Å². The first-order chi connectivity index (χ1) is 9.04. The molecule has 3 nitrogen and oxygen atoms in total. The summed E-state index contributed by atoms with van der Waals surface area (Å²) in [5.41, 5.74) is 2.72. The lowest BCUT2D eigenvalue weighted by molar-refractivity contribution is 0.101. The van der Waals surface area contributed by atoms with Crippen LogP contribution in [0.2, 0.25) is 0 Å². The molecule has 1 radical (unpaired) electrons. The summed E-state index contributed by atoms with van der Waals surface area (Å²) in [6, 6.07) is 7.58. The second-order valence-corrected chi connectivity index (χ2v) is 5.05. The van der Waals surface area contributed by atoms with Crippen LogP contribution in [-0.4, -0.2) is 10.8 Å². The topological polar surface area (TPSA) is 43.1 Å². The summed E-state index contributed by atoms with van der Waals surface area (Å²) < 4.78 is 5.46. The molecule has 0 spiro atoms. The van der Waals surface area contributed by atoms with E-state index >= 15 is 0 Å². The van der Waals surface area contributed by atoms with Gasteiger partial charge in [-0.05, 0) is 30.9 Å². The summed E-state index contributed by atoms with van der Waals surface area (Å²) in [7, 11) is 0. The molecule has 0 bridgehead atoms. The maximum absolute atomic E-state index is 11.3. The van der Waals surface area contributed by atoms with E-state index in [1.54, 1.807) is 13.2 Å². The van der Waals surface area contributed by atoms with Crippen LogP contribution in [-0.2, 0) is 12.8 Å². The van der Waals surface area contributed by atoms with Crippen LogP contribution in [0.5, 0.6) is 0 Å². The Labute approximate surface area is 113 Å². The number of rotatable bonds is 5. The van der Waals surface area contributed by atoms with Gasteiger partial charge in [-0.25, -0.2) is 4.98 Å². The van der Waals surface area contributed by atoms with Gasteiger partial charge in [-0.3, -0.25) is 4.79 Å². The van der Waals surface area contributed by atoms with Crippen LogP contribution in [0.4, 0.5) is 0 Å². The van der Waals surface area contributed by atoms with E-state index in [0.717, 1.165) is 23.2 Å². The van der Waals surface area contributed by atoms with E-state index in [4.69, 9.17) is 4.42 Å². The van der Waals surface area contributed by atoms with Crippen LogP contribution in [0, 0.1) is 5.92 Å². The summed E-state index contributed by atoms with van der Waals surface area (Å²) in [5, 5.41) is 0. The Morgan fingerprint density at radius 3 is 2.74 bits per heavy atom. The molecule has 0 aliphatic heterocycles. The van der Waals surface area contributed by atoms with Crippen molar-refractivity contribution in [1.82, 2.24) is 4.98 Å². The fourth-order valence-electron chi connectivity index (χ4n) is 1.95. The van der Waals surface area contributed by atoms with Crippen LogP contribution in [0.15, 0.2) is 34.9 Å². The molecule has 0 saturated carbocycles. The fraction of sp³-hybridized carbons (Fsp3) is 0.312. The van der Waals surface area contributed by atoms with Gasteiger partial charge in [0.15, 0.2) is 11.7 Å². The lowest BCUT2D eigenvalue weighted by Crippen LogP contribution is -1.96. The zero-order valence-electron chi connectivity index (χ0n) is 11.6. The van der Waals surface area contributed by atoms with Gasteiger partial charge in [0.1, 0.15) is 6.26 Å². The number of carbonyl (C=O) groups is 1. The number of aromatic nitrogens is 1. The Balaban J connectivity index is 2.10. The lowest BCUT2D eigenvalue weighted by Gasteiger charge is -2.00. The summed E-state index contributed by atoms with van der Waals surface area (Å²) in [6.07, 6.45) is 3.16. The number of oxazole rings is 1. The van der Waals surface area contributed by atoms with Gasteiger partial charge in [0, 0.05) is 12.0 Å². The third kappa shape index (κ3) is 3.78. The zero-order chi connectivity index (χ0) is 13.8. The van der Waals surface area contributed by atoms with Crippen molar-refractivity contribution in [3.63, 3.8) is 0 Å². The number of benzene rings is 1. The van der Waals surface area contributed by atoms with Crippen molar-refractivity contribution >= 4 is 5.78 Å². The molecule has 3 heteroatoms. The van der Waals surface area contributed by atoms with Gasteiger partial charge >= 0.3 is 0 Å². The second-order valence-electron chi connectivity index (χ2n) is 5.05. The third-order valence-corrected chi connectivity index (χ3v) is 2.82. The first-order valence-corrected chi connectivity index (χ1v) is 6.37. The first-order valence-electron chi connectivity index (χ1n) is 6.37. The first kappa shape index (κ1) is 13.5. The van der Waals surface area contributed by atoms with Crippen molar-refractivity contribution in [1.29, 1.82) is 0 Å². The summed E-state index contributed by atoms with van der Waals surface area (Å²) in [4.78, 5) is 15.8. The molecule has 0 fully saturated rings. The van der Waals surface area contributed by atoms with Crippen molar-refractivity contribution in [3.8, 4) is 0 Å². The number of ketones is 1.